The number of aryl methyl sites for hydroxylation is 2. The van der Waals surface area contributed by atoms with Crippen LogP contribution in [-0.2, 0) is 6.54 Å². The first-order valence-electron chi connectivity index (χ1n) is 8.82. The molecule has 1 aromatic heterocycles. The molecule has 0 amide bonds. The van der Waals surface area contributed by atoms with Crippen molar-refractivity contribution in [1.82, 2.24) is 9.55 Å². The van der Waals surface area contributed by atoms with E-state index in [1.165, 1.54) is 11.1 Å². The Hall–Kier alpha value is -2.85. The molecule has 0 bridgehead atoms. The molecular formula is C22H22N2O2. The minimum absolute atomic E-state index is 0.235. The fourth-order valence-electron chi connectivity index (χ4n) is 3.25. The van der Waals surface area contributed by atoms with Gasteiger partial charge in [-0.15, -0.1) is 0 Å². The van der Waals surface area contributed by atoms with Gasteiger partial charge in [0, 0.05) is 5.39 Å². The van der Waals surface area contributed by atoms with E-state index in [0.717, 1.165) is 27.6 Å². The number of benzene rings is 3. The summed E-state index contributed by atoms with van der Waals surface area (Å²) in [5.74, 6) is 0.795. The third kappa shape index (κ3) is 3.16. The molecule has 4 heteroatoms. The van der Waals surface area contributed by atoms with Crippen LogP contribution in [-0.4, -0.2) is 27.4 Å². The highest BCUT2D eigenvalue weighted by atomic mass is 16.5. The Bertz CT molecular complexity index is 1060. The van der Waals surface area contributed by atoms with Crippen molar-refractivity contribution in [3.05, 3.63) is 72.1 Å². The van der Waals surface area contributed by atoms with Crippen molar-refractivity contribution in [3.8, 4) is 5.75 Å². The fraction of sp³-hybridized carbons (Fsp3) is 0.227. The molecule has 0 radical (unpaired) electrons. The number of nitrogens with zero attached hydrogens (tertiary/aromatic N) is 2. The zero-order valence-corrected chi connectivity index (χ0v) is 15.0. The summed E-state index contributed by atoms with van der Waals surface area (Å²) in [6.07, 6.45) is 1.16. The molecule has 132 valence electrons. The summed E-state index contributed by atoms with van der Waals surface area (Å²) < 4.78 is 7.89. The minimum atomic E-state index is -0.618. The van der Waals surface area contributed by atoms with Crippen LogP contribution in [0.2, 0.25) is 0 Å². The van der Waals surface area contributed by atoms with Crippen molar-refractivity contribution in [1.29, 1.82) is 0 Å². The summed E-state index contributed by atoms with van der Waals surface area (Å²) in [6.45, 7) is 4.86. The number of aliphatic hydroxyl groups is 1. The second-order valence-electron chi connectivity index (χ2n) is 6.76. The summed E-state index contributed by atoms with van der Waals surface area (Å²) >= 11 is 0. The van der Waals surface area contributed by atoms with Crippen molar-refractivity contribution < 1.29 is 9.84 Å². The van der Waals surface area contributed by atoms with Crippen molar-refractivity contribution in [2.24, 2.45) is 0 Å². The van der Waals surface area contributed by atoms with E-state index in [-0.39, 0.29) is 6.61 Å². The molecule has 1 heterocycles. The summed E-state index contributed by atoms with van der Waals surface area (Å²) in [6, 6.07) is 18.3. The maximum absolute atomic E-state index is 10.5. The summed E-state index contributed by atoms with van der Waals surface area (Å²) in [4.78, 5) is 4.44. The Morgan fingerprint density at radius 1 is 1.04 bits per heavy atom. The predicted octanol–water partition coefficient (Wildman–Crippen LogP) is 4.25. The normalized spacial score (nSPS) is 12.6. The molecule has 1 atom stereocenters. The van der Waals surface area contributed by atoms with E-state index in [1.807, 2.05) is 34.9 Å². The number of fused-ring (bicyclic) bond motifs is 2. The summed E-state index contributed by atoms with van der Waals surface area (Å²) in [7, 11) is 0. The molecule has 0 fully saturated rings. The van der Waals surface area contributed by atoms with Gasteiger partial charge in [0.15, 0.2) is 0 Å². The van der Waals surface area contributed by atoms with Crippen molar-refractivity contribution >= 4 is 21.8 Å². The van der Waals surface area contributed by atoms with Gasteiger partial charge >= 0.3 is 0 Å². The molecule has 0 saturated heterocycles. The molecule has 1 N–H and O–H groups in total. The third-order valence-corrected chi connectivity index (χ3v) is 4.82. The average molecular weight is 346 g/mol. The van der Waals surface area contributed by atoms with Crippen LogP contribution in [0.25, 0.3) is 21.8 Å². The quantitative estimate of drug-likeness (QED) is 0.588. The van der Waals surface area contributed by atoms with E-state index in [1.54, 1.807) is 6.33 Å². The molecule has 0 aliphatic heterocycles. The number of hydrogen-bond acceptors (Lipinski definition) is 3. The molecule has 0 aliphatic carbocycles. The molecule has 4 rings (SSSR count). The monoisotopic (exact) mass is 346 g/mol. The number of rotatable bonds is 5. The number of ether oxygens (including phenoxy) is 1. The van der Waals surface area contributed by atoms with Gasteiger partial charge in [0.05, 0.1) is 23.9 Å². The second kappa shape index (κ2) is 6.81. The zero-order valence-electron chi connectivity index (χ0n) is 15.0. The number of imidazole rings is 1. The van der Waals surface area contributed by atoms with Crippen molar-refractivity contribution in [2.75, 3.05) is 6.61 Å². The first-order valence-corrected chi connectivity index (χ1v) is 8.82. The number of aliphatic hydroxyl groups excluding tert-OH is 1. The molecule has 0 unspecified atom stereocenters. The first-order chi connectivity index (χ1) is 12.6. The van der Waals surface area contributed by atoms with Gasteiger partial charge in [-0.1, -0.05) is 36.4 Å². The van der Waals surface area contributed by atoms with Gasteiger partial charge in [-0.3, -0.25) is 0 Å². The topological polar surface area (TPSA) is 47.3 Å². The van der Waals surface area contributed by atoms with Gasteiger partial charge in [0.25, 0.3) is 0 Å². The van der Waals surface area contributed by atoms with Crippen LogP contribution in [0.4, 0.5) is 0 Å². The lowest BCUT2D eigenvalue weighted by molar-refractivity contribution is 0.0942. The largest absolute Gasteiger partial charge is 0.490 e. The van der Waals surface area contributed by atoms with Crippen LogP contribution in [0, 0.1) is 13.8 Å². The van der Waals surface area contributed by atoms with Gasteiger partial charge in [0.1, 0.15) is 18.5 Å². The maximum atomic E-state index is 10.5. The molecule has 4 nitrogen and oxygen atoms in total. The molecule has 0 saturated carbocycles. The summed E-state index contributed by atoms with van der Waals surface area (Å²) in [5, 5.41) is 12.7. The maximum Gasteiger partial charge on any atom is 0.127 e. The van der Waals surface area contributed by atoms with Gasteiger partial charge in [-0.2, -0.15) is 0 Å². The number of aromatic nitrogens is 2. The highest BCUT2D eigenvalue weighted by Gasteiger charge is 2.11. The Kier molecular flexibility index (Phi) is 4.35. The van der Waals surface area contributed by atoms with Gasteiger partial charge in [0.2, 0.25) is 0 Å². The first kappa shape index (κ1) is 16.6. The van der Waals surface area contributed by atoms with E-state index >= 15 is 0 Å². The molecular weight excluding hydrogens is 324 g/mol. The van der Waals surface area contributed by atoms with Crippen molar-refractivity contribution in [3.63, 3.8) is 0 Å². The van der Waals surface area contributed by atoms with Gasteiger partial charge in [-0.25, -0.2) is 4.98 Å². The van der Waals surface area contributed by atoms with Crippen LogP contribution in [0.5, 0.6) is 5.75 Å². The molecule has 4 aromatic rings. The lowest BCUT2D eigenvalue weighted by atomic mass is 10.1. The lowest BCUT2D eigenvalue weighted by Crippen LogP contribution is -2.23. The van der Waals surface area contributed by atoms with Crippen LogP contribution >= 0.6 is 0 Å². The van der Waals surface area contributed by atoms with Gasteiger partial charge < -0.3 is 14.4 Å². The van der Waals surface area contributed by atoms with E-state index in [4.69, 9.17) is 4.74 Å². The highest BCUT2D eigenvalue weighted by Crippen LogP contribution is 2.25. The average Bonchev–Trinajstić information content (AvgIpc) is 3.02. The van der Waals surface area contributed by atoms with Crippen LogP contribution < -0.4 is 4.74 Å². The summed E-state index contributed by atoms with van der Waals surface area (Å²) in [5.41, 5.74) is 4.44. The molecule has 0 spiro atoms. The van der Waals surface area contributed by atoms with Crippen molar-refractivity contribution in [2.45, 2.75) is 26.5 Å². The molecule has 3 aromatic carbocycles. The zero-order chi connectivity index (χ0) is 18.1. The Morgan fingerprint density at radius 3 is 2.69 bits per heavy atom. The SMILES string of the molecule is Cc1cc2ncn(C[C@@H](O)COc3cccc4ccccc34)c2cc1C. The highest BCUT2D eigenvalue weighted by molar-refractivity contribution is 5.88. The van der Waals surface area contributed by atoms with Crippen LogP contribution in [0.15, 0.2) is 60.9 Å². The second-order valence-corrected chi connectivity index (χ2v) is 6.76. The molecule has 0 aliphatic rings. The van der Waals surface area contributed by atoms with Crippen LogP contribution in [0.1, 0.15) is 11.1 Å². The smallest absolute Gasteiger partial charge is 0.127 e. The predicted molar refractivity (Wildman–Crippen MR) is 105 cm³/mol. The van der Waals surface area contributed by atoms with E-state index in [0.29, 0.717) is 6.54 Å². The van der Waals surface area contributed by atoms with Crippen LogP contribution in [0.3, 0.4) is 0 Å². The Labute approximate surface area is 152 Å². The van der Waals surface area contributed by atoms with E-state index in [2.05, 4.69) is 43.1 Å². The minimum Gasteiger partial charge on any atom is -0.490 e. The Morgan fingerprint density at radius 2 is 1.81 bits per heavy atom. The standard InChI is InChI=1S/C22H22N2O2/c1-15-10-20-21(11-16(15)2)24(14-23-20)12-18(25)13-26-22-9-5-7-17-6-3-4-8-19(17)22/h3-11,14,18,25H,12-13H2,1-2H3/t18-/m1/s1. The van der Waals surface area contributed by atoms with Gasteiger partial charge in [-0.05, 0) is 48.6 Å². The third-order valence-electron chi connectivity index (χ3n) is 4.82. The number of hydrogen-bond donors (Lipinski definition) is 1. The lowest BCUT2D eigenvalue weighted by Gasteiger charge is -2.15. The molecule has 26 heavy (non-hydrogen) atoms. The fourth-order valence-corrected chi connectivity index (χ4v) is 3.25. The Balaban J connectivity index is 1.49. The van der Waals surface area contributed by atoms with E-state index in [9.17, 15) is 5.11 Å². The van der Waals surface area contributed by atoms with E-state index < -0.39 is 6.10 Å².